The summed E-state index contributed by atoms with van der Waals surface area (Å²) in [4.78, 5) is 42.5. The Morgan fingerprint density at radius 3 is 2.74 bits per heavy atom. The van der Waals surface area contributed by atoms with Crippen LogP contribution in [0.15, 0.2) is 45.0 Å². The quantitative estimate of drug-likeness (QED) is 0.755. The predicted molar refractivity (Wildman–Crippen MR) is 108 cm³/mol. The Kier molecular flexibility index (Phi) is 6.08. The summed E-state index contributed by atoms with van der Waals surface area (Å²) in [7, 11) is 1.37. The molecule has 0 atom stereocenters. The number of nitrogens with zero attached hydrogens (tertiary/aromatic N) is 4. The van der Waals surface area contributed by atoms with Gasteiger partial charge < -0.3 is 0 Å². The van der Waals surface area contributed by atoms with Crippen LogP contribution in [0.25, 0.3) is 0 Å². The van der Waals surface area contributed by atoms with Crippen LogP contribution in [0.2, 0.25) is 10.0 Å². The molecular formula is C17H16Cl2N4O3S. The van der Waals surface area contributed by atoms with Crippen LogP contribution in [-0.2, 0) is 18.4 Å². The smallest absolute Gasteiger partial charge is 0.291 e. The summed E-state index contributed by atoms with van der Waals surface area (Å²) in [5, 5.41) is 1.36. The zero-order valence-corrected chi connectivity index (χ0v) is 16.7. The number of rotatable bonds is 3. The van der Waals surface area contributed by atoms with Gasteiger partial charge in [-0.05, 0) is 24.6 Å². The van der Waals surface area contributed by atoms with Gasteiger partial charge in [0.05, 0.1) is 15.7 Å². The Labute approximate surface area is 169 Å². The Morgan fingerprint density at radius 1 is 1.22 bits per heavy atom. The van der Waals surface area contributed by atoms with Gasteiger partial charge in [-0.2, -0.15) is 0 Å². The van der Waals surface area contributed by atoms with Gasteiger partial charge in [-0.3, -0.25) is 23.6 Å². The average molecular weight is 427 g/mol. The zero-order chi connectivity index (χ0) is 19.6. The van der Waals surface area contributed by atoms with E-state index in [0.717, 1.165) is 16.7 Å². The third-order valence-corrected chi connectivity index (χ3v) is 5.78. The molecule has 0 N–H and O–H groups in total. The first kappa shape index (κ1) is 19.7. The number of aliphatic imine (C=N–C) groups is 1. The summed E-state index contributed by atoms with van der Waals surface area (Å²) < 4.78 is 2.17. The maximum atomic E-state index is 12.8. The third-order valence-electron chi connectivity index (χ3n) is 3.98. The van der Waals surface area contributed by atoms with E-state index >= 15 is 0 Å². The van der Waals surface area contributed by atoms with E-state index in [0.29, 0.717) is 27.4 Å². The fourth-order valence-corrected chi connectivity index (χ4v) is 3.78. The van der Waals surface area contributed by atoms with Crippen LogP contribution in [-0.4, -0.2) is 37.4 Å². The van der Waals surface area contributed by atoms with E-state index in [2.05, 4.69) is 4.99 Å². The summed E-state index contributed by atoms with van der Waals surface area (Å²) in [5.74, 6) is 0.561. The molecule has 3 rings (SSSR count). The molecule has 0 saturated carbocycles. The fraction of sp³-hybridized carbons (Fsp3) is 0.294. The van der Waals surface area contributed by atoms with Crippen LogP contribution < -0.4 is 11.2 Å². The highest BCUT2D eigenvalue weighted by molar-refractivity contribution is 8.13. The predicted octanol–water partition coefficient (Wildman–Crippen LogP) is 2.51. The molecule has 0 unspecified atom stereocenters. The molecule has 0 bridgehead atoms. The first-order valence-corrected chi connectivity index (χ1v) is 9.84. The van der Waals surface area contributed by atoms with Crippen molar-refractivity contribution >= 4 is 51.7 Å². The van der Waals surface area contributed by atoms with E-state index in [1.807, 2.05) is 0 Å². The summed E-state index contributed by atoms with van der Waals surface area (Å²) >= 11 is 13.4. The van der Waals surface area contributed by atoms with Crippen molar-refractivity contribution in [2.45, 2.75) is 13.0 Å². The molecule has 2 heterocycles. The molecule has 2 aromatic rings. The molecule has 142 valence electrons. The molecule has 0 radical (unpaired) electrons. The lowest BCUT2D eigenvalue weighted by Crippen LogP contribution is -2.44. The van der Waals surface area contributed by atoms with Crippen LogP contribution in [0.5, 0.6) is 0 Å². The lowest BCUT2D eigenvalue weighted by Gasteiger charge is -2.28. The first-order valence-electron chi connectivity index (χ1n) is 8.10. The molecule has 0 aliphatic carbocycles. The Bertz CT molecular complexity index is 1030. The maximum absolute atomic E-state index is 12.8. The molecule has 1 aromatic heterocycles. The van der Waals surface area contributed by atoms with E-state index < -0.39 is 11.2 Å². The number of carbonyl (C=O) groups excluding carboxylic acids is 1. The van der Waals surface area contributed by atoms with Crippen molar-refractivity contribution < 1.29 is 4.79 Å². The van der Waals surface area contributed by atoms with Crippen LogP contribution >= 0.6 is 35.0 Å². The number of carbonyl (C=O) groups is 1. The van der Waals surface area contributed by atoms with Crippen molar-refractivity contribution in [2.75, 3.05) is 12.3 Å². The number of hydrogen-bond acceptors (Lipinski definition) is 5. The Balaban J connectivity index is 1.86. The normalized spacial score (nSPS) is 16.0. The van der Waals surface area contributed by atoms with Crippen LogP contribution in [0.3, 0.4) is 0 Å². The molecule has 0 spiro atoms. The highest BCUT2D eigenvalue weighted by atomic mass is 35.5. The van der Waals surface area contributed by atoms with E-state index in [1.54, 1.807) is 23.1 Å². The second kappa shape index (κ2) is 8.33. The average Bonchev–Trinajstić information content (AvgIpc) is 2.65. The number of thioether (sulfide) groups is 1. The summed E-state index contributed by atoms with van der Waals surface area (Å²) in [6, 6.07) is 6.25. The molecule has 7 nitrogen and oxygen atoms in total. The SMILES string of the molecule is Cn1c(=O)ccn(CC(=O)N2CCCSC2=Nc2ccc(Cl)c(Cl)c2)c1=O. The monoisotopic (exact) mass is 426 g/mol. The fourth-order valence-electron chi connectivity index (χ4n) is 2.52. The van der Waals surface area contributed by atoms with Gasteiger partial charge in [0.2, 0.25) is 5.91 Å². The van der Waals surface area contributed by atoms with E-state index in [9.17, 15) is 14.4 Å². The van der Waals surface area contributed by atoms with E-state index in [1.165, 1.54) is 35.6 Å². The van der Waals surface area contributed by atoms with Crippen LogP contribution in [0.4, 0.5) is 5.69 Å². The van der Waals surface area contributed by atoms with E-state index in [-0.39, 0.29) is 12.5 Å². The lowest BCUT2D eigenvalue weighted by atomic mass is 10.3. The molecule has 1 aliphatic heterocycles. The number of halogens is 2. The van der Waals surface area contributed by atoms with Crippen molar-refractivity contribution in [3.8, 4) is 0 Å². The van der Waals surface area contributed by atoms with Gasteiger partial charge in [0.25, 0.3) is 5.56 Å². The zero-order valence-electron chi connectivity index (χ0n) is 14.4. The van der Waals surface area contributed by atoms with Crippen molar-refractivity contribution in [1.82, 2.24) is 14.0 Å². The van der Waals surface area contributed by atoms with Crippen molar-refractivity contribution in [3.05, 3.63) is 61.3 Å². The molecular weight excluding hydrogens is 411 g/mol. The molecule has 1 fully saturated rings. The number of amidine groups is 1. The van der Waals surface area contributed by atoms with Crippen molar-refractivity contribution in [1.29, 1.82) is 0 Å². The number of amides is 1. The Morgan fingerprint density at radius 2 is 2.00 bits per heavy atom. The molecule has 10 heteroatoms. The first-order chi connectivity index (χ1) is 12.9. The van der Waals surface area contributed by atoms with Gasteiger partial charge in [0.15, 0.2) is 5.17 Å². The molecule has 27 heavy (non-hydrogen) atoms. The minimum Gasteiger partial charge on any atom is -0.291 e. The van der Waals surface area contributed by atoms with E-state index in [4.69, 9.17) is 23.2 Å². The van der Waals surface area contributed by atoms with Crippen LogP contribution in [0, 0.1) is 0 Å². The molecule has 1 aliphatic rings. The second-order valence-electron chi connectivity index (χ2n) is 5.86. The molecule has 1 saturated heterocycles. The highest BCUT2D eigenvalue weighted by Crippen LogP contribution is 2.29. The summed E-state index contributed by atoms with van der Waals surface area (Å²) in [6.45, 7) is 0.334. The van der Waals surface area contributed by atoms with Crippen LogP contribution in [0.1, 0.15) is 6.42 Å². The maximum Gasteiger partial charge on any atom is 0.331 e. The number of aromatic nitrogens is 2. The van der Waals surface area contributed by atoms with Crippen molar-refractivity contribution in [2.24, 2.45) is 12.0 Å². The van der Waals surface area contributed by atoms with Gasteiger partial charge in [-0.25, -0.2) is 9.79 Å². The number of benzene rings is 1. The third kappa shape index (κ3) is 4.45. The highest BCUT2D eigenvalue weighted by Gasteiger charge is 2.24. The minimum atomic E-state index is -0.538. The Hall–Kier alpha value is -2.03. The lowest BCUT2D eigenvalue weighted by molar-refractivity contribution is -0.128. The molecule has 1 aromatic carbocycles. The number of hydrogen-bond donors (Lipinski definition) is 0. The summed E-state index contributed by atoms with van der Waals surface area (Å²) in [5.41, 5.74) is -0.367. The van der Waals surface area contributed by atoms with Gasteiger partial charge in [-0.15, -0.1) is 0 Å². The van der Waals surface area contributed by atoms with Gasteiger partial charge >= 0.3 is 5.69 Å². The summed E-state index contributed by atoms with van der Waals surface area (Å²) in [6.07, 6.45) is 2.15. The van der Waals surface area contributed by atoms with Crippen molar-refractivity contribution in [3.63, 3.8) is 0 Å². The molecule has 1 amide bonds. The second-order valence-corrected chi connectivity index (χ2v) is 7.74. The van der Waals surface area contributed by atoms with Gasteiger partial charge in [-0.1, -0.05) is 35.0 Å². The standard InChI is InChI=1S/C17H16Cl2N4O3S/c1-21-14(24)5-7-22(17(21)26)10-15(25)23-6-2-8-27-16(23)20-11-3-4-12(18)13(19)9-11/h3-5,7,9H,2,6,8,10H2,1H3. The van der Waals surface area contributed by atoms with Gasteiger partial charge in [0, 0.05) is 31.6 Å². The minimum absolute atomic E-state index is 0.173. The topological polar surface area (TPSA) is 76.7 Å². The van der Waals surface area contributed by atoms with Gasteiger partial charge in [0.1, 0.15) is 6.54 Å². The largest absolute Gasteiger partial charge is 0.331 e.